The third-order valence-corrected chi connectivity index (χ3v) is 8.77. The summed E-state index contributed by atoms with van der Waals surface area (Å²) >= 11 is 1.64. The second-order valence-electron chi connectivity index (χ2n) is 10.3. The molecule has 37 heavy (non-hydrogen) atoms. The number of nitrogens with zero attached hydrogens (tertiary/aromatic N) is 4. The van der Waals surface area contributed by atoms with Crippen LogP contribution in [0.5, 0.6) is 0 Å². The van der Waals surface area contributed by atoms with Gasteiger partial charge >= 0.3 is 0 Å². The van der Waals surface area contributed by atoms with Crippen LogP contribution in [-0.2, 0) is 14.3 Å². The van der Waals surface area contributed by atoms with E-state index in [2.05, 4.69) is 27.5 Å². The van der Waals surface area contributed by atoms with Crippen LogP contribution >= 0.6 is 11.3 Å². The maximum Gasteiger partial charge on any atom is 0.251 e. The highest BCUT2D eigenvalue weighted by Crippen LogP contribution is 2.30. The third-order valence-electron chi connectivity index (χ3n) is 7.87. The number of fused-ring (bicyclic) bond motifs is 1. The number of Topliss-reactive ketones (excluding diaryl/α,β-unsaturated/α-hetero) is 1. The average molecular weight is 526 g/mol. The number of aromatic nitrogens is 1. The molecule has 0 radical (unpaired) electrons. The number of ether oxygens (including phenoxy) is 1. The number of rotatable bonds is 7. The van der Waals surface area contributed by atoms with Crippen molar-refractivity contribution in [1.82, 2.24) is 20.1 Å². The number of likely N-dealkylation sites (N-methyl/N-ethyl adjacent to an activating group) is 1. The Labute approximate surface area is 221 Å². The minimum Gasteiger partial charge on any atom is -0.368 e. The van der Waals surface area contributed by atoms with Gasteiger partial charge in [0, 0.05) is 49.2 Å². The molecule has 0 saturated carbocycles. The van der Waals surface area contributed by atoms with Gasteiger partial charge in [0.15, 0.2) is 10.9 Å². The number of carbonyl (C=O) groups excluding carboxylic acids is 3. The number of likely N-dealkylation sites (tertiary alicyclic amines) is 1. The van der Waals surface area contributed by atoms with Gasteiger partial charge in [0.25, 0.3) is 5.91 Å². The smallest absolute Gasteiger partial charge is 0.251 e. The first-order chi connectivity index (χ1) is 17.9. The largest absolute Gasteiger partial charge is 0.368 e. The predicted octanol–water partition coefficient (Wildman–Crippen LogP) is 2.28. The van der Waals surface area contributed by atoms with Gasteiger partial charge in [-0.2, -0.15) is 0 Å². The number of anilines is 1. The first kappa shape index (κ1) is 25.8. The summed E-state index contributed by atoms with van der Waals surface area (Å²) in [6.45, 7) is 8.48. The lowest BCUT2D eigenvalue weighted by Gasteiger charge is -2.32. The first-order valence-electron chi connectivity index (χ1n) is 13.1. The predicted molar refractivity (Wildman–Crippen MR) is 143 cm³/mol. The van der Waals surface area contributed by atoms with E-state index < -0.39 is 12.1 Å². The zero-order valence-corrected chi connectivity index (χ0v) is 22.5. The lowest BCUT2D eigenvalue weighted by Crippen LogP contribution is -2.54. The fourth-order valence-electron chi connectivity index (χ4n) is 5.26. The molecule has 10 heteroatoms. The van der Waals surface area contributed by atoms with Gasteiger partial charge in [-0.05, 0) is 31.5 Å². The van der Waals surface area contributed by atoms with E-state index in [9.17, 15) is 14.4 Å². The molecule has 0 unspecified atom stereocenters. The molecule has 198 valence electrons. The molecule has 3 aliphatic heterocycles. The van der Waals surface area contributed by atoms with Crippen LogP contribution in [0.25, 0.3) is 11.3 Å². The van der Waals surface area contributed by atoms with Crippen LogP contribution < -0.4 is 10.2 Å². The fourth-order valence-corrected chi connectivity index (χ4v) is 6.15. The number of thiazole rings is 1. The highest BCUT2D eigenvalue weighted by molar-refractivity contribution is 7.14. The Morgan fingerprint density at radius 3 is 2.59 bits per heavy atom. The standard InChI is InChI=1S/C27H35N5O4S/c1-4-17(2)23(26(35)32-10-9-22-24(32)21(33)15-36-22)29-25(34)19-7-5-18(6-8-19)20-16-37-27(28-20)31-13-11-30(3)12-14-31/h5-8,16-17,22-24H,4,9-15H2,1-3H3,(H,29,34)/t17-,22+,23-,24+/m0/s1. The Morgan fingerprint density at radius 1 is 1.16 bits per heavy atom. The summed E-state index contributed by atoms with van der Waals surface area (Å²) in [7, 11) is 2.14. The summed E-state index contributed by atoms with van der Waals surface area (Å²) in [6, 6.07) is 6.13. The molecule has 9 nitrogen and oxygen atoms in total. The number of amides is 2. The number of benzene rings is 1. The lowest BCUT2D eigenvalue weighted by molar-refractivity contribution is -0.139. The zero-order valence-electron chi connectivity index (χ0n) is 21.7. The van der Waals surface area contributed by atoms with Crippen LogP contribution in [0.2, 0.25) is 0 Å². The van der Waals surface area contributed by atoms with Gasteiger partial charge in [-0.25, -0.2) is 4.98 Å². The fraction of sp³-hybridized carbons (Fsp3) is 0.556. The minimum absolute atomic E-state index is 0.0570. The maximum atomic E-state index is 13.5. The van der Waals surface area contributed by atoms with E-state index >= 15 is 0 Å². The number of piperazine rings is 1. The molecule has 4 heterocycles. The van der Waals surface area contributed by atoms with E-state index in [0.29, 0.717) is 18.5 Å². The molecular weight excluding hydrogens is 490 g/mol. The second kappa shape index (κ2) is 10.9. The number of carbonyl (C=O) groups is 3. The van der Waals surface area contributed by atoms with Gasteiger partial charge in [-0.15, -0.1) is 11.3 Å². The number of hydrogen-bond donors (Lipinski definition) is 1. The van der Waals surface area contributed by atoms with E-state index in [4.69, 9.17) is 9.72 Å². The van der Waals surface area contributed by atoms with Crippen LogP contribution in [0, 0.1) is 5.92 Å². The lowest BCUT2D eigenvalue weighted by atomic mass is 9.96. The molecule has 3 fully saturated rings. The van der Waals surface area contributed by atoms with Gasteiger partial charge in [0.05, 0.1) is 11.8 Å². The summed E-state index contributed by atoms with van der Waals surface area (Å²) in [5, 5.41) is 6.04. The molecule has 0 bridgehead atoms. The van der Waals surface area contributed by atoms with Crippen LogP contribution in [0.15, 0.2) is 29.6 Å². The molecule has 4 atom stereocenters. The van der Waals surface area contributed by atoms with Gasteiger partial charge in [0.1, 0.15) is 18.7 Å². The molecule has 3 aliphatic rings. The molecule has 2 aromatic rings. The molecular formula is C27H35N5O4S. The summed E-state index contributed by atoms with van der Waals surface area (Å²) in [6.07, 6.45) is 1.15. The van der Waals surface area contributed by atoms with E-state index in [0.717, 1.165) is 49.0 Å². The summed E-state index contributed by atoms with van der Waals surface area (Å²) in [5.41, 5.74) is 2.33. The normalized spacial score (nSPS) is 23.7. The highest BCUT2D eigenvalue weighted by Gasteiger charge is 2.48. The Morgan fingerprint density at radius 2 is 1.89 bits per heavy atom. The maximum absolute atomic E-state index is 13.5. The zero-order chi connectivity index (χ0) is 26.1. The molecule has 1 aromatic heterocycles. The third kappa shape index (κ3) is 5.28. The Balaban J connectivity index is 1.26. The molecule has 0 aliphatic carbocycles. The Hall–Kier alpha value is -2.82. The van der Waals surface area contributed by atoms with Gasteiger partial charge in [-0.3, -0.25) is 14.4 Å². The molecule has 0 spiro atoms. The summed E-state index contributed by atoms with van der Waals surface area (Å²) in [5.74, 6) is -0.635. The van der Waals surface area contributed by atoms with Crippen LogP contribution in [0.1, 0.15) is 37.0 Å². The first-order valence-corrected chi connectivity index (χ1v) is 14.0. The number of ketones is 1. The van der Waals surface area contributed by atoms with Gasteiger partial charge < -0.3 is 24.8 Å². The second-order valence-corrected chi connectivity index (χ2v) is 11.1. The van der Waals surface area contributed by atoms with Crippen molar-refractivity contribution >= 4 is 34.1 Å². The Kier molecular flexibility index (Phi) is 7.60. The van der Waals surface area contributed by atoms with Crippen LogP contribution in [-0.4, -0.2) is 96.9 Å². The van der Waals surface area contributed by atoms with Crippen molar-refractivity contribution < 1.29 is 19.1 Å². The van der Waals surface area contributed by atoms with Crippen molar-refractivity contribution in [2.75, 3.05) is 51.3 Å². The summed E-state index contributed by atoms with van der Waals surface area (Å²) < 4.78 is 5.53. The van der Waals surface area contributed by atoms with Crippen molar-refractivity contribution in [3.63, 3.8) is 0 Å². The molecule has 1 aromatic carbocycles. The molecule has 3 saturated heterocycles. The van der Waals surface area contributed by atoms with E-state index in [1.165, 1.54) is 0 Å². The van der Waals surface area contributed by atoms with Crippen molar-refractivity contribution in [3.8, 4) is 11.3 Å². The van der Waals surface area contributed by atoms with Gasteiger partial charge in [-0.1, -0.05) is 32.4 Å². The Bertz CT molecular complexity index is 1140. The quantitative estimate of drug-likeness (QED) is 0.593. The minimum atomic E-state index is -0.700. The van der Waals surface area contributed by atoms with Crippen molar-refractivity contribution in [2.45, 2.75) is 44.9 Å². The van der Waals surface area contributed by atoms with E-state index in [1.54, 1.807) is 28.4 Å². The number of nitrogens with one attached hydrogen (secondary N) is 1. The topological polar surface area (TPSA) is 95.1 Å². The van der Waals surface area contributed by atoms with Crippen LogP contribution in [0.3, 0.4) is 0 Å². The van der Waals surface area contributed by atoms with Crippen LogP contribution in [0.4, 0.5) is 5.13 Å². The van der Waals surface area contributed by atoms with E-state index in [-0.39, 0.29) is 36.2 Å². The monoisotopic (exact) mass is 525 g/mol. The highest BCUT2D eigenvalue weighted by atomic mass is 32.1. The molecule has 1 N–H and O–H groups in total. The SMILES string of the molecule is CC[C@H](C)[C@H](NC(=O)c1ccc(-c2csc(N3CCN(C)CC3)n2)cc1)C(=O)N1CC[C@H]2OCC(=O)[C@H]21. The van der Waals surface area contributed by atoms with E-state index in [1.807, 2.05) is 26.0 Å². The summed E-state index contributed by atoms with van der Waals surface area (Å²) in [4.78, 5) is 50.0. The molecule has 2 amide bonds. The van der Waals surface area contributed by atoms with Crippen molar-refractivity contribution in [3.05, 3.63) is 35.2 Å². The van der Waals surface area contributed by atoms with Gasteiger partial charge in [0.2, 0.25) is 5.91 Å². The molecule has 5 rings (SSSR count). The van der Waals surface area contributed by atoms with Crippen molar-refractivity contribution in [2.24, 2.45) is 5.92 Å². The average Bonchev–Trinajstić information content (AvgIpc) is 3.65. The number of hydrogen-bond acceptors (Lipinski definition) is 8. The van der Waals surface area contributed by atoms with Crippen molar-refractivity contribution in [1.29, 1.82) is 0 Å².